The molecule has 1 aromatic carbocycles. The van der Waals surface area contributed by atoms with E-state index in [2.05, 4.69) is 10.6 Å². The minimum absolute atomic E-state index is 0.300. The third kappa shape index (κ3) is 2.82. The van der Waals surface area contributed by atoms with Crippen LogP contribution in [0.4, 0.5) is 4.79 Å². The van der Waals surface area contributed by atoms with E-state index < -0.39 is 5.97 Å². The summed E-state index contributed by atoms with van der Waals surface area (Å²) in [6.45, 7) is 3.98. The van der Waals surface area contributed by atoms with Gasteiger partial charge in [0.2, 0.25) is 0 Å². The van der Waals surface area contributed by atoms with Gasteiger partial charge in [-0.15, -0.1) is 0 Å². The smallest absolute Gasteiger partial charge is 0.338 e. The van der Waals surface area contributed by atoms with E-state index >= 15 is 0 Å². The number of nitrogens with one attached hydrogen (secondary N) is 2. The van der Waals surface area contributed by atoms with Crippen LogP contribution >= 0.6 is 0 Å². The predicted molar refractivity (Wildman–Crippen MR) is 75.7 cm³/mol. The molecule has 0 saturated heterocycles. The number of hydrogen-bond donors (Lipinski definition) is 2. The van der Waals surface area contributed by atoms with E-state index in [1.54, 1.807) is 6.92 Å². The molecule has 0 bridgehead atoms. The zero-order valence-electron chi connectivity index (χ0n) is 11.6. The highest BCUT2D eigenvalue weighted by Gasteiger charge is 2.31. The SMILES string of the molecule is CCOC(=O)C1=C(c2ccccc2)NC(=O)NC1CC. The fraction of sp³-hybridized carbons (Fsp3) is 0.333. The lowest BCUT2D eigenvalue weighted by atomic mass is 9.96. The molecule has 0 saturated carbocycles. The first-order valence-corrected chi connectivity index (χ1v) is 6.71. The molecule has 5 nitrogen and oxygen atoms in total. The molecule has 1 atom stereocenters. The van der Waals surface area contributed by atoms with Crippen molar-refractivity contribution >= 4 is 17.7 Å². The number of amides is 2. The van der Waals surface area contributed by atoms with Crippen molar-refractivity contribution in [2.24, 2.45) is 0 Å². The van der Waals surface area contributed by atoms with Crippen molar-refractivity contribution in [2.45, 2.75) is 26.3 Å². The van der Waals surface area contributed by atoms with Gasteiger partial charge >= 0.3 is 12.0 Å². The Balaban J connectivity index is 2.52. The summed E-state index contributed by atoms with van der Waals surface area (Å²) in [6.07, 6.45) is 0.623. The maximum absolute atomic E-state index is 12.2. The first kappa shape index (κ1) is 14.1. The number of ether oxygens (including phenoxy) is 1. The van der Waals surface area contributed by atoms with E-state index in [0.29, 0.717) is 24.3 Å². The summed E-state index contributed by atoms with van der Waals surface area (Å²) >= 11 is 0. The van der Waals surface area contributed by atoms with Crippen LogP contribution in [0.5, 0.6) is 0 Å². The number of benzene rings is 1. The molecule has 1 aromatic rings. The molecule has 1 aliphatic rings. The molecule has 0 aliphatic carbocycles. The summed E-state index contributed by atoms with van der Waals surface area (Å²) in [5, 5.41) is 5.46. The molecule has 106 valence electrons. The largest absolute Gasteiger partial charge is 0.463 e. The molecule has 1 unspecified atom stereocenters. The maximum atomic E-state index is 12.2. The van der Waals surface area contributed by atoms with Crippen LogP contribution in [0.25, 0.3) is 5.70 Å². The van der Waals surface area contributed by atoms with Crippen molar-refractivity contribution in [1.29, 1.82) is 0 Å². The van der Waals surface area contributed by atoms with Gasteiger partial charge in [-0.25, -0.2) is 9.59 Å². The van der Waals surface area contributed by atoms with Crippen LogP contribution in [-0.2, 0) is 9.53 Å². The molecule has 0 spiro atoms. The second-order valence-electron chi connectivity index (χ2n) is 4.43. The van der Waals surface area contributed by atoms with E-state index in [1.165, 1.54) is 0 Å². The number of carbonyl (C=O) groups excluding carboxylic acids is 2. The number of urea groups is 1. The molecule has 1 heterocycles. The molecule has 1 aliphatic heterocycles. The van der Waals surface area contributed by atoms with Crippen LogP contribution in [0.1, 0.15) is 25.8 Å². The van der Waals surface area contributed by atoms with Crippen LogP contribution in [-0.4, -0.2) is 24.6 Å². The first-order chi connectivity index (χ1) is 9.67. The van der Waals surface area contributed by atoms with Crippen LogP contribution in [0.15, 0.2) is 35.9 Å². The van der Waals surface area contributed by atoms with Gasteiger partial charge in [-0.3, -0.25) is 0 Å². The van der Waals surface area contributed by atoms with Gasteiger partial charge in [-0.1, -0.05) is 37.3 Å². The first-order valence-electron chi connectivity index (χ1n) is 6.71. The molecule has 5 heteroatoms. The molecule has 2 amide bonds. The highest BCUT2D eigenvalue weighted by atomic mass is 16.5. The number of carbonyl (C=O) groups is 2. The molecule has 2 rings (SSSR count). The van der Waals surface area contributed by atoms with E-state index in [4.69, 9.17) is 4.74 Å². The van der Waals surface area contributed by atoms with Crippen molar-refractivity contribution in [1.82, 2.24) is 10.6 Å². The van der Waals surface area contributed by atoms with Crippen LogP contribution in [0.2, 0.25) is 0 Å². The van der Waals surface area contributed by atoms with Gasteiger partial charge in [0.15, 0.2) is 0 Å². The molecule has 0 fully saturated rings. The third-order valence-corrected chi connectivity index (χ3v) is 3.13. The summed E-state index contributed by atoms with van der Waals surface area (Å²) in [4.78, 5) is 23.9. The van der Waals surface area contributed by atoms with Crippen molar-refractivity contribution in [3.8, 4) is 0 Å². The average molecular weight is 274 g/mol. The van der Waals surface area contributed by atoms with Crippen molar-refractivity contribution in [3.05, 3.63) is 41.5 Å². The van der Waals surface area contributed by atoms with Gasteiger partial charge in [-0.2, -0.15) is 0 Å². The Hall–Kier alpha value is -2.30. The van der Waals surface area contributed by atoms with Gasteiger partial charge in [0.05, 0.1) is 23.9 Å². The van der Waals surface area contributed by atoms with Crippen LogP contribution < -0.4 is 10.6 Å². The Morgan fingerprint density at radius 1 is 1.25 bits per heavy atom. The van der Waals surface area contributed by atoms with Gasteiger partial charge < -0.3 is 15.4 Å². The highest BCUT2D eigenvalue weighted by molar-refractivity contribution is 6.04. The van der Waals surface area contributed by atoms with E-state index in [-0.39, 0.29) is 12.1 Å². The Kier molecular flexibility index (Phi) is 4.40. The molecule has 2 N–H and O–H groups in total. The standard InChI is InChI=1S/C15H18N2O3/c1-3-11-12(14(18)20-4-2)13(17-15(19)16-11)10-8-6-5-7-9-10/h5-9,11H,3-4H2,1-2H3,(H2,16,17,19). The Morgan fingerprint density at radius 3 is 2.55 bits per heavy atom. The van der Waals surface area contributed by atoms with E-state index in [9.17, 15) is 9.59 Å². The Bertz CT molecular complexity index is 537. The second kappa shape index (κ2) is 6.23. The summed E-state index contributed by atoms with van der Waals surface area (Å²) in [7, 11) is 0. The number of hydrogen-bond acceptors (Lipinski definition) is 3. The lowest BCUT2D eigenvalue weighted by molar-refractivity contribution is -0.138. The van der Waals surface area contributed by atoms with E-state index in [0.717, 1.165) is 5.56 Å². The van der Waals surface area contributed by atoms with Crippen LogP contribution in [0, 0.1) is 0 Å². The molecule has 0 radical (unpaired) electrons. The summed E-state index contributed by atoms with van der Waals surface area (Å²) in [5.74, 6) is -0.397. The fourth-order valence-corrected chi connectivity index (χ4v) is 2.21. The quantitative estimate of drug-likeness (QED) is 0.826. The topological polar surface area (TPSA) is 67.4 Å². The molecular formula is C15H18N2O3. The Labute approximate surface area is 118 Å². The minimum Gasteiger partial charge on any atom is -0.463 e. The number of esters is 1. The predicted octanol–water partition coefficient (Wildman–Crippen LogP) is 2.05. The summed E-state index contributed by atoms with van der Waals surface area (Å²) in [6, 6.07) is 8.68. The monoisotopic (exact) mass is 274 g/mol. The van der Waals surface area contributed by atoms with Crippen molar-refractivity contribution in [3.63, 3.8) is 0 Å². The maximum Gasteiger partial charge on any atom is 0.338 e. The van der Waals surface area contributed by atoms with Gasteiger partial charge in [-0.05, 0) is 18.9 Å². The normalized spacial score (nSPS) is 18.3. The number of rotatable bonds is 4. The van der Waals surface area contributed by atoms with E-state index in [1.807, 2.05) is 37.3 Å². The Morgan fingerprint density at radius 2 is 1.95 bits per heavy atom. The third-order valence-electron chi connectivity index (χ3n) is 3.13. The molecule has 0 aromatic heterocycles. The van der Waals surface area contributed by atoms with Gasteiger partial charge in [0, 0.05) is 0 Å². The second-order valence-corrected chi connectivity index (χ2v) is 4.43. The van der Waals surface area contributed by atoms with Gasteiger partial charge in [0.1, 0.15) is 0 Å². The lowest BCUT2D eigenvalue weighted by Crippen LogP contribution is -2.49. The zero-order valence-corrected chi connectivity index (χ0v) is 11.6. The van der Waals surface area contributed by atoms with Crippen molar-refractivity contribution < 1.29 is 14.3 Å². The summed E-state index contributed by atoms with van der Waals surface area (Å²) < 4.78 is 5.11. The minimum atomic E-state index is -0.397. The summed E-state index contributed by atoms with van der Waals surface area (Å²) in [5.41, 5.74) is 1.80. The highest BCUT2D eigenvalue weighted by Crippen LogP contribution is 2.24. The van der Waals surface area contributed by atoms with Gasteiger partial charge in [0.25, 0.3) is 0 Å². The fourth-order valence-electron chi connectivity index (χ4n) is 2.21. The molecule has 20 heavy (non-hydrogen) atoms. The lowest BCUT2D eigenvalue weighted by Gasteiger charge is -2.28. The van der Waals surface area contributed by atoms with Crippen LogP contribution in [0.3, 0.4) is 0 Å². The molecular weight excluding hydrogens is 256 g/mol. The average Bonchev–Trinajstić information content (AvgIpc) is 2.47. The van der Waals surface area contributed by atoms with Crippen molar-refractivity contribution in [2.75, 3.05) is 6.61 Å². The zero-order chi connectivity index (χ0) is 14.5.